The zero-order valence-electron chi connectivity index (χ0n) is 19.0. The Bertz CT molecular complexity index is 914. The SMILES string of the molecule is c1ccc(OC2CCN(c3ccc4c(c3)CCC3(CCN(C5CCC5)CC3)O4)CC2)nc1. The number of likely N-dealkylation sites (tertiary alicyclic amines) is 1. The predicted molar refractivity (Wildman–Crippen MR) is 127 cm³/mol. The van der Waals surface area contributed by atoms with Crippen LogP contribution in [0.15, 0.2) is 42.6 Å². The number of pyridine rings is 1. The molecule has 0 radical (unpaired) electrons. The first-order valence-electron chi connectivity index (χ1n) is 12.7. The molecule has 32 heavy (non-hydrogen) atoms. The third-order valence-corrected chi connectivity index (χ3v) is 8.25. The topological polar surface area (TPSA) is 37.8 Å². The summed E-state index contributed by atoms with van der Waals surface area (Å²) in [7, 11) is 0. The molecule has 0 amide bonds. The molecular weight excluding hydrogens is 398 g/mol. The summed E-state index contributed by atoms with van der Waals surface area (Å²) in [6, 6.07) is 13.6. The van der Waals surface area contributed by atoms with E-state index in [9.17, 15) is 0 Å². The van der Waals surface area contributed by atoms with Crippen molar-refractivity contribution in [2.24, 2.45) is 0 Å². The number of piperidine rings is 2. The van der Waals surface area contributed by atoms with Gasteiger partial charge in [-0.25, -0.2) is 4.98 Å². The summed E-state index contributed by atoms with van der Waals surface area (Å²) in [6.45, 7) is 4.48. The van der Waals surface area contributed by atoms with Gasteiger partial charge in [-0.3, -0.25) is 0 Å². The lowest BCUT2D eigenvalue weighted by Crippen LogP contribution is -2.53. The molecule has 1 saturated carbocycles. The van der Waals surface area contributed by atoms with Gasteiger partial charge in [0.25, 0.3) is 0 Å². The minimum Gasteiger partial charge on any atom is -0.487 e. The number of hydrogen-bond acceptors (Lipinski definition) is 5. The van der Waals surface area contributed by atoms with Crippen LogP contribution in [0.25, 0.3) is 0 Å². The summed E-state index contributed by atoms with van der Waals surface area (Å²) in [4.78, 5) is 9.52. The first-order valence-corrected chi connectivity index (χ1v) is 12.7. The smallest absolute Gasteiger partial charge is 0.213 e. The quantitative estimate of drug-likeness (QED) is 0.690. The molecule has 3 aliphatic heterocycles. The van der Waals surface area contributed by atoms with Crippen molar-refractivity contribution in [2.45, 2.75) is 75.5 Å². The van der Waals surface area contributed by atoms with Crippen molar-refractivity contribution in [3.05, 3.63) is 48.2 Å². The highest BCUT2D eigenvalue weighted by Gasteiger charge is 2.41. The molecule has 1 spiro atoms. The van der Waals surface area contributed by atoms with E-state index in [0.29, 0.717) is 0 Å². The molecule has 4 aliphatic rings. The Hall–Kier alpha value is -2.27. The fraction of sp³-hybridized carbons (Fsp3) is 0.593. The molecule has 5 nitrogen and oxygen atoms in total. The van der Waals surface area contributed by atoms with Crippen LogP contribution in [0.5, 0.6) is 11.6 Å². The van der Waals surface area contributed by atoms with Gasteiger partial charge in [-0.2, -0.15) is 0 Å². The van der Waals surface area contributed by atoms with E-state index in [0.717, 1.165) is 50.0 Å². The van der Waals surface area contributed by atoms with E-state index >= 15 is 0 Å². The summed E-state index contributed by atoms with van der Waals surface area (Å²) in [5.74, 6) is 1.87. The van der Waals surface area contributed by atoms with E-state index in [1.54, 1.807) is 6.20 Å². The molecule has 3 fully saturated rings. The fourth-order valence-electron chi connectivity index (χ4n) is 5.92. The number of anilines is 1. The van der Waals surface area contributed by atoms with E-state index in [1.807, 2.05) is 18.2 Å². The van der Waals surface area contributed by atoms with Crippen LogP contribution in [0.2, 0.25) is 0 Å². The summed E-state index contributed by atoms with van der Waals surface area (Å²) in [5.41, 5.74) is 2.80. The first kappa shape index (κ1) is 20.3. The molecule has 1 aromatic carbocycles. The number of aromatic nitrogens is 1. The Morgan fingerprint density at radius 3 is 2.50 bits per heavy atom. The highest BCUT2D eigenvalue weighted by molar-refractivity contribution is 5.54. The van der Waals surface area contributed by atoms with Crippen LogP contribution in [0.1, 0.15) is 56.9 Å². The maximum absolute atomic E-state index is 6.69. The minimum atomic E-state index is 0.0793. The van der Waals surface area contributed by atoms with Gasteiger partial charge in [0.1, 0.15) is 17.5 Å². The highest BCUT2D eigenvalue weighted by Crippen LogP contribution is 2.42. The molecule has 0 unspecified atom stereocenters. The van der Waals surface area contributed by atoms with Gasteiger partial charge in [-0.05, 0) is 68.4 Å². The Morgan fingerprint density at radius 2 is 1.78 bits per heavy atom. The molecule has 2 aromatic rings. The van der Waals surface area contributed by atoms with Crippen LogP contribution in [0.3, 0.4) is 0 Å². The van der Waals surface area contributed by atoms with Gasteiger partial charge in [0.2, 0.25) is 5.88 Å². The second-order valence-corrected chi connectivity index (χ2v) is 10.2. The number of hydrogen-bond donors (Lipinski definition) is 0. The Labute approximate surface area is 191 Å². The van der Waals surface area contributed by atoms with Crippen molar-refractivity contribution in [1.29, 1.82) is 0 Å². The monoisotopic (exact) mass is 433 g/mol. The average Bonchev–Trinajstić information content (AvgIpc) is 2.80. The van der Waals surface area contributed by atoms with Gasteiger partial charge in [-0.1, -0.05) is 12.5 Å². The molecule has 0 N–H and O–H groups in total. The van der Waals surface area contributed by atoms with Crippen LogP contribution in [0, 0.1) is 0 Å². The molecule has 0 atom stereocenters. The van der Waals surface area contributed by atoms with Crippen LogP contribution in [0.4, 0.5) is 5.69 Å². The van der Waals surface area contributed by atoms with Crippen LogP contribution in [-0.2, 0) is 6.42 Å². The van der Waals surface area contributed by atoms with Gasteiger partial charge in [0.15, 0.2) is 0 Å². The van der Waals surface area contributed by atoms with Crippen molar-refractivity contribution >= 4 is 5.69 Å². The van der Waals surface area contributed by atoms with Crippen molar-refractivity contribution in [1.82, 2.24) is 9.88 Å². The standard InChI is InChI=1S/C27H35N3O2/c1-2-15-28-26(6-1)31-24-10-16-29(17-11-24)23-7-8-25-21(20-23)9-12-27(32-25)13-18-30(19-14-27)22-4-3-5-22/h1-2,6-8,15,20,22,24H,3-5,9-14,16-19H2. The largest absolute Gasteiger partial charge is 0.487 e. The zero-order chi connectivity index (χ0) is 21.4. The van der Waals surface area contributed by atoms with Gasteiger partial charge in [-0.15, -0.1) is 0 Å². The number of fused-ring (bicyclic) bond motifs is 1. The third-order valence-electron chi connectivity index (χ3n) is 8.25. The van der Waals surface area contributed by atoms with E-state index in [2.05, 4.69) is 33.0 Å². The molecule has 170 valence electrons. The normalized spacial score (nSPS) is 23.9. The van der Waals surface area contributed by atoms with Crippen LogP contribution in [-0.4, -0.2) is 53.8 Å². The van der Waals surface area contributed by atoms with Crippen LogP contribution >= 0.6 is 0 Å². The lowest BCUT2D eigenvalue weighted by molar-refractivity contribution is -0.0336. The summed E-state index contributed by atoms with van der Waals surface area (Å²) in [6.07, 6.45) is 13.0. The van der Waals surface area contributed by atoms with E-state index < -0.39 is 0 Å². The molecule has 4 heterocycles. The lowest BCUT2D eigenvalue weighted by atomic mass is 9.81. The maximum atomic E-state index is 6.69. The Balaban J connectivity index is 1.05. The predicted octanol–water partition coefficient (Wildman–Crippen LogP) is 4.84. The van der Waals surface area contributed by atoms with Crippen LogP contribution < -0.4 is 14.4 Å². The van der Waals surface area contributed by atoms with E-state index in [1.165, 1.54) is 62.9 Å². The van der Waals surface area contributed by atoms with Crippen molar-refractivity contribution in [3.63, 3.8) is 0 Å². The Kier molecular flexibility index (Phi) is 5.46. The molecule has 1 aliphatic carbocycles. The Morgan fingerprint density at radius 1 is 0.938 bits per heavy atom. The summed E-state index contributed by atoms with van der Waals surface area (Å²) in [5, 5.41) is 0. The molecule has 0 bridgehead atoms. The van der Waals surface area contributed by atoms with E-state index in [4.69, 9.17) is 9.47 Å². The van der Waals surface area contributed by atoms with Crippen molar-refractivity contribution < 1.29 is 9.47 Å². The minimum absolute atomic E-state index is 0.0793. The fourth-order valence-corrected chi connectivity index (χ4v) is 5.92. The van der Waals surface area contributed by atoms with Crippen molar-refractivity contribution in [3.8, 4) is 11.6 Å². The molecule has 1 aromatic heterocycles. The van der Waals surface area contributed by atoms with Gasteiger partial charge in [0, 0.05) is 63.0 Å². The van der Waals surface area contributed by atoms with E-state index in [-0.39, 0.29) is 11.7 Å². The lowest BCUT2D eigenvalue weighted by Gasteiger charge is -2.48. The first-order chi connectivity index (χ1) is 15.8. The second-order valence-electron chi connectivity index (χ2n) is 10.2. The number of benzene rings is 1. The molecule has 6 rings (SSSR count). The number of nitrogens with zero attached hydrogens (tertiary/aromatic N) is 3. The summed E-state index contributed by atoms with van der Waals surface area (Å²) < 4.78 is 12.8. The number of ether oxygens (including phenoxy) is 2. The number of rotatable bonds is 4. The highest BCUT2D eigenvalue weighted by atomic mass is 16.5. The number of aryl methyl sites for hydroxylation is 1. The van der Waals surface area contributed by atoms with Gasteiger partial charge >= 0.3 is 0 Å². The van der Waals surface area contributed by atoms with Gasteiger partial charge in [0.05, 0.1) is 0 Å². The second kappa shape index (κ2) is 8.58. The zero-order valence-corrected chi connectivity index (χ0v) is 19.0. The summed E-state index contributed by atoms with van der Waals surface area (Å²) >= 11 is 0. The van der Waals surface area contributed by atoms with Crippen molar-refractivity contribution in [2.75, 3.05) is 31.1 Å². The molecule has 5 heteroatoms. The molecule has 2 saturated heterocycles. The maximum Gasteiger partial charge on any atom is 0.213 e. The third kappa shape index (κ3) is 4.07. The molecular formula is C27H35N3O2. The average molecular weight is 434 g/mol. The van der Waals surface area contributed by atoms with Gasteiger partial charge < -0.3 is 19.3 Å².